The summed E-state index contributed by atoms with van der Waals surface area (Å²) >= 11 is 0. The summed E-state index contributed by atoms with van der Waals surface area (Å²) in [6.07, 6.45) is 1.25. The predicted octanol–water partition coefficient (Wildman–Crippen LogP) is 4.10. The minimum Gasteiger partial charge on any atom is -0.0776 e. The Bertz CT molecular complexity index is 0. The smallest absolute Gasteiger partial charge is 0.0590 e. The lowest BCUT2D eigenvalue weighted by Crippen LogP contribution is -1.27. The Balaban J connectivity index is -0.0000000147. The van der Waals surface area contributed by atoms with Gasteiger partial charge in [0.15, 0.2) is 0 Å². The molecule has 0 aromatic carbocycles. The van der Waals surface area contributed by atoms with E-state index in [-0.39, 0.29) is 7.43 Å². The average Bonchev–Trinajstić information content (AvgIpc) is 1.78. The summed E-state index contributed by atoms with van der Waals surface area (Å²) in [6, 6.07) is 0. The molecule has 0 rings (SSSR count). The summed E-state index contributed by atoms with van der Waals surface area (Å²) in [5.41, 5.74) is 0. The fourth-order valence-electron chi connectivity index (χ4n) is 0. The Morgan fingerprint density at radius 3 is 0.750 bits per heavy atom. The average molecular weight is 120 g/mol. The zero-order valence-corrected chi connectivity index (χ0v) is 6.71. The van der Waals surface area contributed by atoms with E-state index in [1.54, 1.807) is 0 Å². The lowest BCUT2D eigenvalue weighted by Gasteiger charge is -1.48. The van der Waals surface area contributed by atoms with E-state index in [1.807, 2.05) is 27.7 Å². The van der Waals surface area contributed by atoms with Crippen LogP contribution in [0.3, 0.4) is 0 Å². The first kappa shape index (κ1) is 24.5. The molecule has 0 radical (unpaired) electrons. The lowest BCUT2D eigenvalue weighted by atomic mass is 10.6. The second-order valence-corrected chi connectivity index (χ2v) is 0.707. The van der Waals surface area contributed by atoms with Gasteiger partial charge in [0.25, 0.3) is 0 Å². The second-order valence-electron chi connectivity index (χ2n) is 0.707. The molecule has 8 heavy (non-hydrogen) atoms. The number of rotatable bonds is 0. The number of hydrogen-bond acceptors (Lipinski definition) is 0. The quantitative estimate of drug-likeness (QED) is 0.451. The van der Waals surface area contributed by atoms with Gasteiger partial charge in [-0.25, -0.2) is 0 Å². The van der Waals surface area contributed by atoms with Gasteiger partial charge in [-0.3, -0.25) is 0 Å². The van der Waals surface area contributed by atoms with Crippen molar-refractivity contribution >= 4 is 0 Å². The Hall–Kier alpha value is 0. The van der Waals surface area contributed by atoms with Gasteiger partial charge in [0.1, 0.15) is 0 Å². The van der Waals surface area contributed by atoms with E-state index in [0.717, 1.165) is 0 Å². The van der Waals surface area contributed by atoms with Crippen LogP contribution in [0.1, 0.15) is 55.4 Å². The highest BCUT2D eigenvalue weighted by Crippen LogP contribution is 1.56. The van der Waals surface area contributed by atoms with Crippen LogP contribution in [0.5, 0.6) is 0 Å². The molecule has 0 aliphatic carbocycles. The first-order chi connectivity index (χ1) is 3.41. The Morgan fingerprint density at radius 2 is 0.750 bits per heavy atom. The van der Waals surface area contributed by atoms with Crippen molar-refractivity contribution in [3.63, 3.8) is 0 Å². The maximum Gasteiger partial charge on any atom is -0.0590 e. The standard InChI is InChI=1S/C3H8.2C2H6.CH4/c1-3-2;2*1-2;/h3H2,1-2H3;2*1-2H3;1H4. The maximum atomic E-state index is 2.12. The minimum atomic E-state index is 0. The SMILES string of the molecule is C.CC.CC.CCC. The second kappa shape index (κ2) is 252. The maximum absolute atomic E-state index is 2.12. The van der Waals surface area contributed by atoms with Gasteiger partial charge in [0.2, 0.25) is 0 Å². The van der Waals surface area contributed by atoms with Crippen molar-refractivity contribution < 1.29 is 0 Å². The molecule has 0 spiro atoms. The van der Waals surface area contributed by atoms with E-state index in [2.05, 4.69) is 13.8 Å². The van der Waals surface area contributed by atoms with Crippen LogP contribution in [0.25, 0.3) is 0 Å². The number of hydrogen-bond donors (Lipinski definition) is 0. The molecule has 0 aromatic heterocycles. The van der Waals surface area contributed by atoms with Crippen molar-refractivity contribution in [2.24, 2.45) is 0 Å². The highest BCUT2D eigenvalue weighted by molar-refractivity contribution is 3.92. The molecule has 0 amide bonds. The summed E-state index contributed by atoms with van der Waals surface area (Å²) in [6.45, 7) is 12.2. The zero-order valence-electron chi connectivity index (χ0n) is 6.71. The molecule has 0 nitrogen and oxygen atoms in total. The molecule has 0 unspecified atom stereocenters. The first-order valence-corrected chi connectivity index (χ1v) is 3.41. The normalized spacial score (nSPS) is 3.75. The lowest BCUT2D eigenvalue weighted by molar-refractivity contribution is 1.09. The largest absolute Gasteiger partial charge is 0.0776 e. The summed E-state index contributed by atoms with van der Waals surface area (Å²) in [5.74, 6) is 0. The van der Waals surface area contributed by atoms with Gasteiger partial charge in [0.05, 0.1) is 0 Å². The van der Waals surface area contributed by atoms with E-state index in [0.29, 0.717) is 0 Å². The van der Waals surface area contributed by atoms with Crippen LogP contribution in [-0.4, -0.2) is 0 Å². The van der Waals surface area contributed by atoms with Crippen LogP contribution < -0.4 is 0 Å². The summed E-state index contributed by atoms with van der Waals surface area (Å²) in [4.78, 5) is 0. The van der Waals surface area contributed by atoms with Crippen molar-refractivity contribution in [2.45, 2.75) is 55.4 Å². The molecule has 0 heteroatoms. The molecule has 0 aliphatic rings. The predicted molar refractivity (Wildman–Crippen MR) is 45.4 cm³/mol. The fraction of sp³-hybridized carbons (Fsp3) is 1.00. The van der Waals surface area contributed by atoms with Crippen molar-refractivity contribution in [3.05, 3.63) is 0 Å². The molecule has 0 bridgehead atoms. The molecule has 0 saturated heterocycles. The monoisotopic (exact) mass is 120 g/mol. The van der Waals surface area contributed by atoms with E-state index < -0.39 is 0 Å². The Labute approximate surface area is 56.3 Å². The molecule has 0 heterocycles. The highest BCUT2D eigenvalue weighted by atomic mass is 13.4. The first-order valence-electron chi connectivity index (χ1n) is 3.41. The van der Waals surface area contributed by atoms with Crippen molar-refractivity contribution in [1.29, 1.82) is 0 Å². The molecule has 0 saturated carbocycles. The third-order valence-electron chi connectivity index (χ3n) is 0. The third kappa shape index (κ3) is 0. The topological polar surface area (TPSA) is 0 Å². The van der Waals surface area contributed by atoms with E-state index in [9.17, 15) is 0 Å². The van der Waals surface area contributed by atoms with E-state index in [4.69, 9.17) is 0 Å². The van der Waals surface area contributed by atoms with Crippen LogP contribution in [0.2, 0.25) is 0 Å². The summed E-state index contributed by atoms with van der Waals surface area (Å²) in [5, 5.41) is 0. The zero-order chi connectivity index (χ0) is 6.71. The minimum absolute atomic E-state index is 0. The van der Waals surface area contributed by atoms with E-state index in [1.165, 1.54) is 6.42 Å². The Morgan fingerprint density at radius 1 is 0.750 bits per heavy atom. The molecular weight excluding hydrogens is 96.1 g/mol. The van der Waals surface area contributed by atoms with Crippen molar-refractivity contribution in [1.82, 2.24) is 0 Å². The van der Waals surface area contributed by atoms with Crippen LogP contribution in [0.4, 0.5) is 0 Å². The molecule has 0 fully saturated rings. The van der Waals surface area contributed by atoms with E-state index >= 15 is 0 Å². The summed E-state index contributed by atoms with van der Waals surface area (Å²) in [7, 11) is 0. The van der Waals surface area contributed by atoms with Crippen molar-refractivity contribution in [2.75, 3.05) is 0 Å². The van der Waals surface area contributed by atoms with Crippen molar-refractivity contribution in [3.8, 4) is 0 Å². The van der Waals surface area contributed by atoms with Gasteiger partial charge in [-0.05, 0) is 0 Å². The van der Waals surface area contributed by atoms with Crippen LogP contribution in [-0.2, 0) is 0 Å². The van der Waals surface area contributed by atoms with Gasteiger partial charge in [-0.2, -0.15) is 0 Å². The van der Waals surface area contributed by atoms with Gasteiger partial charge in [-0.1, -0.05) is 55.4 Å². The molecule has 56 valence electrons. The summed E-state index contributed by atoms with van der Waals surface area (Å²) < 4.78 is 0. The Kier molecular flexibility index (Phi) is 772. The third-order valence-corrected chi connectivity index (χ3v) is 0. The highest BCUT2D eigenvalue weighted by Gasteiger charge is 1.35. The molecule has 0 N–H and O–H groups in total. The van der Waals surface area contributed by atoms with Crippen LogP contribution in [0, 0.1) is 0 Å². The molecule has 0 aromatic rings. The fourth-order valence-corrected chi connectivity index (χ4v) is 0. The molecular formula is C8H24. The van der Waals surface area contributed by atoms with Gasteiger partial charge in [-0.15, -0.1) is 0 Å². The molecule has 0 atom stereocenters. The van der Waals surface area contributed by atoms with Crippen LogP contribution in [0.15, 0.2) is 0 Å². The van der Waals surface area contributed by atoms with Gasteiger partial charge >= 0.3 is 0 Å². The van der Waals surface area contributed by atoms with Gasteiger partial charge in [0, 0.05) is 0 Å². The van der Waals surface area contributed by atoms with Crippen LogP contribution >= 0.6 is 0 Å². The van der Waals surface area contributed by atoms with Gasteiger partial charge < -0.3 is 0 Å². The molecule has 0 aliphatic heterocycles.